The summed E-state index contributed by atoms with van der Waals surface area (Å²) in [4.78, 5) is 0. The zero-order valence-corrected chi connectivity index (χ0v) is 14.3. The summed E-state index contributed by atoms with van der Waals surface area (Å²) in [6.45, 7) is 0. The standard InChI is InChI=1S/C22H17N3O/c1-26-19-8-6-18(7-9-19)25-14-21(16-3-2-4-17(24)12-16)20-11-15(13-23)5-10-22(20)25/h2-12,14H,24H2,1H3. The summed E-state index contributed by atoms with van der Waals surface area (Å²) in [7, 11) is 1.65. The molecule has 4 rings (SSSR count). The number of hydrogen-bond donors (Lipinski definition) is 1. The van der Waals surface area contributed by atoms with Crippen molar-refractivity contribution in [2.24, 2.45) is 0 Å². The number of aromatic nitrogens is 1. The van der Waals surface area contributed by atoms with Crippen LogP contribution in [0.2, 0.25) is 0 Å². The molecule has 0 aliphatic heterocycles. The first-order valence-electron chi connectivity index (χ1n) is 8.25. The first-order chi connectivity index (χ1) is 12.7. The van der Waals surface area contributed by atoms with Gasteiger partial charge in [-0.3, -0.25) is 0 Å². The summed E-state index contributed by atoms with van der Waals surface area (Å²) < 4.78 is 7.37. The molecular weight excluding hydrogens is 322 g/mol. The number of fused-ring (bicyclic) bond motifs is 1. The summed E-state index contributed by atoms with van der Waals surface area (Å²) >= 11 is 0. The van der Waals surface area contributed by atoms with Crippen LogP contribution in [0, 0.1) is 11.3 Å². The number of methoxy groups -OCH3 is 1. The average Bonchev–Trinajstić information content (AvgIpc) is 3.06. The van der Waals surface area contributed by atoms with Crippen LogP contribution < -0.4 is 10.5 Å². The van der Waals surface area contributed by atoms with Gasteiger partial charge in [0.05, 0.1) is 24.3 Å². The highest BCUT2D eigenvalue weighted by Gasteiger charge is 2.13. The van der Waals surface area contributed by atoms with Gasteiger partial charge in [-0.15, -0.1) is 0 Å². The number of nitrogen functional groups attached to an aromatic ring is 1. The fraction of sp³-hybridized carbons (Fsp3) is 0.0455. The zero-order chi connectivity index (χ0) is 18.1. The summed E-state index contributed by atoms with van der Waals surface area (Å²) in [6.07, 6.45) is 2.09. The Hall–Kier alpha value is -3.71. The molecule has 2 N–H and O–H groups in total. The Labute approximate surface area is 151 Å². The number of nitrogens with two attached hydrogens (primary N) is 1. The van der Waals surface area contributed by atoms with Crippen molar-refractivity contribution in [1.82, 2.24) is 4.57 Å². The molecule has 0 atom stereocenters. The number of nitriles is 1. The highest BCUT2D eigenvalue weighted by atomic mass is 16.5. The summed E-state index contributed by atoms with van der Waals surface area (Å²) in [5.41, 5.74) is 11.4. The second kappa shape index (κ2) is 6.30. The van der Waals surface area contributed by atoms with Crippen molar-refractivity contribution in [2.45, 2.75) is 0 Å². The van der Waals surface area contributed by atoms with Crippen molar-refractivity contribution in [2.75, 3.05) is 12.8 Å². The molecule has 0 aliphatic carbocycles. The van der Waals surface area contributed by atoms with Crippen LogP contribution in [-0.2, 0) is 0 Å². The van der Waals surface area contributed by atoms with E-state index in [9.17, 15) is 5.26 Å². The van der Waals surface area contributed by atoms with E-state index in [2.05, 4.69) is 16.8 Å². The number of anilines is 1. The lowest BCUT2D eigenvalue weighted by atomic mass is 10.0. The highest BCUT2D eigenvalue weighted by molar-refractivity contribution is 5.98. The fourth-order valence-electron chi connectivity index (χ4n) is 3.19. The summed E-state index contributed by atoms with van der Waals surface area (Å²) in [5, 5.41) is 10.3. The molecule has 1 heterocycles. The first-order valence-corrected chi connectivity index (χ1v) is 8.25. The van der Waals surface area contributed by atoms with Gasteiger partial charge in [0.1, 0.15) is 5.75 Å². The molecule has 26 heavy (non-hydrogen) atoms. The maximum absolute atomic E-state index is 9.29. The van der Waals surface area contributed by atoms with Gasteiger partial charge in [0, 0.05) is 28.5 Å². The monoisotopic (exact) mass is 339 g/mol. The molecule has 126 valence electrons. The molecule has 4 nitrogen and oxygen atoms in total. The lowest BCUT2D eigenvalue weighted by molar-refractivity contribution is 0.415. The smallest absolute Gasteiger partial charge is 0.119 e. The molecule has 0 spiro atoms. The number of hydrogen-bond acceptors (Lipinski definition) is 3. The van der Waals surface area contributed by atoms with Crippen LogP contribution in [0.15, 0.2) is 72.9 Å². The van der Waals surface area contributed by atoms with Gasteiger partial charge in [-0.25, -0.2) is 0 Å². The van der Waals surface area contributed by atoms with Crippen molar-refractivity contribution in [3.8, 4) is 28.6 Å². The molecule has 0 saturated carbocycles. The summed E-state index contributed by atoms with van der Waals surface area (Å²) in [6, 6.07) is 23.7. The summed E-state index contributed by atoms with van der Waals surface area (Å²) in [5.74, 6) is 0.813. The third-order valence-electron chi connectivity index (χ3n) is 4.48. The van der Waals surface area contributed by atoms with Gasteiger partial charge in [-0.1, -0.05) is 12.1 Å². The van der Waals surface area contributed by atoms with E-state index in [0.29, 0.717) is 11.3 Å². The van der Waals surface area contributed by atoms with E-state index in [1.54, 1.807) is 7.11 Å². The van der Waals surface area contributed by atoms with Gasteiger partial charge in [0.2, 0.25) is 0 Å². The van der Waals surface area contributed by atoms with E-state index < -0.39 is 0 Å². The Bertz CT molecular complexity index is 1130. The van der Waals surface area contributed by atoms with E-state index in [-0.39, 0.29) is 0 Å². The van der Waals surface area contributed by atoms with Crippen LogP contribution in [-0.4, -0.2) is 11.7 Å². The normalized spacial score (nSPS) is 10.6. The minimum atomic E-state index is 0.634. The largest absolute Gasteiger partial charge is 0.497 e. The molecule has 4 heteroatoms. The van der Waals surface area contributed by atoms with Gasteiger partial charge in [0.15, 0.2) is 0 Å². The molecule has 0 aliphatic rings. The van der Waals surface area contributed by atoms with E-state index in [4.69, 9.17) is 10.5 Å². The van der Waals surface area contributed by atoms with E-state index in [1.165, 1.54) is 0 Å². The van der Waals surface area contributed by atoms with Gasteiger partial charge < -0.3 is 15.0 Å². The van der Waals surface area contributed by atoms with Crippen LogP contribution in [0.3, 0.4) is 0 Å². The molecular formula is C22H17N3O. The van der Waals surface area contributed by atoms with Crippen molar-refractivity contribution in [1.29, 1.82) is 5.26 Å². The minimum Gasteiger partial charge on any atom is -0.497 e. The lowest BCUT2D eigenvalue weighted by Gasteiger charge is -2.06. The van der Waals surface area contributed by atoms with Gasteiger partial charge >= 0.3 is 0 Å². The first kappa shape index (κ1) is 15.8. The Morgan fingerprint density at radius 2 is 1.81 bits per heavy atom. The van der Waals surface area contributed by atoms with Gasteiger partial charge in [0.25, 0.3) is 0 Å². The van der Waals surface area contributed by atoms with Crippen LogP contribution in [0.1, 0.15) is 5.56 Å². The quantitative estimate of drug-likeness (QED) is 0.547. The number of nitrogens with zero attached hydrogens (tertiary/aromatic N) is 2. The Kier molecular flexibility index (Phi) is 3.83. The lowest BCUT2D eigenvalue weighted by Crippen LogP contribution is -1.92. The van der Waals surface area contributed by atoms with Crippen molar-refractivity contribution < 1.29 is 4.74 Å². The Morgan fingerprint density at radius 1 is 1.00 bits per heavy atom. The second-order valence-corrected chi connectivity index (χ2v) is 6.08. The SMILES string of the molecule is COc1ccc(-n2cc(-c3cccc(N)c3)c3cc(C#N)ccc32)cc1. The molecule has 0 bridgehead atoms. The van der Waals surface area contributed by atoms with E-state index in [1.807, 2.05) is 66.7 Å². The third-order valence-corrected chi connectivity index (χ3v) is 4.48. The third kappa shape index (κ3) is 2.66. The van der Waals surface area contributed by atoms with Crippen molar-refractivity contribution in [3.05, 3.63) is 78.5 Å². The topological polar surface area (TPSA) is 64.0 Å². The molecule has 0 amide bonds. The molecule has 4 aromatic rings. The molecule has 0 radical (unpaired) electrons. The predicted molar refractivity (Wildman–Crippen MR) is 104 cm³/mol. The van der Waals surface area contributed by atoms with Crippen LogP contribution in [0.25, 0.3) is 27.7 Å². The van der Waals surface area contributed by atoms with Crippen LogP contribution in [0.5, 0.6) is 5.75 Å². The highest BCUT2D eigenvalue weighted by Crippen LogP contribution is 2.34. The maximum Gasteiger partial charge on any atom is 0.119 e. The van der Waals surface area contributed by atoms with Gasteiger partial charge in [-0.2, -0.15) is 5.26 Å². The Morgan fingerprint density at radius 3 is 2.50 bits per heavy atom. The predicted octanol–water partition coefficient (Wildman–Crippen LogP) is 4.76. The molecule has 1 aromatic heterocycles. The van der Waals surface area contributed by atoms with Crippen LogP contribution >= 0.6 is 0 Å². The van der Waals surface area contributed by atoms with E-state index in [0.717, 1.165) is 33.5 Å². The maximum atomic E-state index is 9.29. The molecule has 0 unspecified atom stereocenters. The number of benzene rings is 3. The van der Waals surface area contributed by atoms with Crippen molar-refractivity contribution in [3.63, 3.8) is 0 Å². The molecule has 0 saturated heterocycles. The minimum absolute atomic E-state index is 0.634. The second-order valence-electron chi connectivity index (χ2n) is 6.08. The Balaban J connectivity index is 1.98. The van der Waals surface area contributed by atoms with Crippen LogP contribution in [0.4, 0.5) is 5.69 Å². The van der Waals surface area contributed by atoms with E-state index >= 15 is 0 Å². The average molecular weight is 339 g/mol. The zero-order valence-electron chi connectivity index (χ0n) is 14.3. The van der Waals surface area contributed by atoms with Gasteiger partial charge in [-0.05, 0) is 60.2 Å². The van der Waals surface area contributed by atoms with Crippen molar-refractivity contribution >= 4 is 16.6 Å². The number of rotatable bonds is 3. The molecule has 3 aromatic carbocycles. The fourth-order valence-corrected chi connectivity index (χ4v) is 3.19. The molecule has 0 fully saturated rings. The number of ether oxygens (including phenoxy) is 1.